The fraction of sp³-hybridized carbons (Fsp3) is 0.632. The highest BCUT2D eigenvalue weighted by molar-refractivity contribution is 7.69. The third kappa shape index (κ3) is 6.95. The van der Waals surface area contributed by atoms with E-state index in [1.54, 1.807) is 6.07 Å². The van der Waals surface area contributed by atoms with Crippen molar-refractivity contribution in [1.82, 2.24) is 31.3 Å². The van der Waals surface area contributed by atoms with Crippen LogP contribution in [0.15, 0.2) is 18.2 Å². The van der Waals surface area contributed by atoms with Crippen LogP contribution < -0.4 is 15.8 Å². The zero-order chi connectivity index (χ0) is 23.1. The molecular formula is C19H28F3N7O2S. The lowest BCUT2D eigenvalue weighted by Crippen LogP contribution is -2.45. The summed E-state index contributed by atoms with van der Waals surface area (Å²) >= 11 is 0. The molecule has 0 bridgehead atoms. The van der Waals surface area contributed by atoms with Crippen LogP contribution in [-0.4, -0.2) is 54.2 Å². The molecule has 0 spiro atoms. The largest absolute Gasteiger partial charge is 0.416 e. The van der Waals surface area contributed by atoms with Gasteiger partial charge < -0.3 is 10.6 Å². The number of alkyl halides is 3. The molecule has 0 amide bonds. The second-order valence-electron chi connectivity index (χ2n) is 8.07. The number of aromatic amines is 1. The quantitative estimate of drug-likeness (QED) is 0.425. The first-order valence-corrected chi connectivity index (χ1v) is 11.8. The van der Waals surface area contributed by atoms with Crippen molar-refractivity contribution in [3.63, 3.8) is 0 Å². The second kappa shape index (κ2) is 11.2. The number of nitrogens with one attached hydrogen (secondary N) is 3. The monoisotopic (exact) mass is 475 g/mol. The third-order valence-corrected chi connectivity index (χ3v) is 5.96. The molecule has 1 saturated carbocycles. The maximum absolute atomic E-state index is 13.2. The zero-order valence-corrected chi connectivity index (χ0v) is 18.3. The maximum Gasteiger partial charge on any atom is 0.416 e. The maximum atomic E-state index is 13.2. The SMILES string of the molecule is FC(F)(F)c1ccc(C2CCC(NC3CCNCC3)CC2)c(-c2nnn[nH]2)c1.N[SH](=O)=O. The predicted molar refractivity (Wildman–Crippen MR) is 113 cm³/mol. The molecule has 0 unspecified atom stereocenters. The van der Waals surface area contributed by atoms with Crippen molar-refractivity contribution in [1.29, 1.82) is 0 Å². The first-order valence-electron chi connectivity index (χ1n) is 10.5. The molecule has 2 aromatic rings. The summed E-state index contributed by atoms with van der Waals surface area (Å²) < 4.78 is 57.2. The molecule has 2 fully saturated rings. The Morgan fingerprint density at radius 1 is 1.03 bits per heavy atom. The van der Waals surface area contributed by atoms with E-state index in [1.807, 2.05) is 0 Å². The van der Waals surface area contributed by atoms with Gasteiger partial charge in [-0.3, -0.25) is 0 Å². The number of halogens is 3. The van der Waals surface area contributed by atoms with Crippen LogP contribution >= 0.6 is 0 Å². The molecule has 2 aliphatic rings. The number of thiol groups is 1. The molecule has 13 heteroatoms. The van der Waals surface area contributed by atoms with Gasteiger partial charge in [0.15, 0.2) is 16.7 Å². The van der Waals surface area contributed by atoms with E-state index >= 15 is 0 Å². The molecule has 1 aliphatic heterocycles. The summed E-state index contributed by atoms with van der Waals surface area (Å²) in [6.07, 6.45) is 1.87. The molecule has 5 N–H and O–H groups in total. The van der Waals surface area contributed by atoms with E-state index in [4.69, 9.17) is 8.42 Å². The fourth-order valence-electron chi connectivity index (χ4n) is 4.46. The van der Waals surface area contributed by atoms with Crippen molar-refractivity contribution in [3.05, 3.63) is 29.3 Å². The molecule has 1 aromatic carbocycles. The summed E-state index contributed by atoms with van der Waals surface area (Å²) in [5.41, 5.74) is 0.672. The Kier molecular flexibility index (Phi) is 8.57. The summed E-state index contributed by atoms with van der Waals surface area (Å²) in [5.74, 6) is 0.504. The molecule has 2 heterocycles. The molecule has 178 valence electrons. The van der Waals surface area contributed by atoms with Gasteiger partial charge in [0.25, 0.3) is 0 Å². The first-order chi connectivity index (χ1) is 15.2. The van der Waals surface area contributed by atoms with Crippen LogP contribution in [0.4, 0.5) is 13.2 Å². The van der Waals surface area contributed by atoms with E-state index in [-0.39, 0.29) is 11.7 Å². The average Bonchev–Trinajstić information content (AvgIpc) is 3.28. The second-order valence-corrected chi connectivity index (χ2v) is 8.65. The van der Waals surface area contributed by atoms with E-state index in [1.165, 1.54) is 6.07 Å². The van der Waals surface area contributed by atoms with Crippen molar-refractivity contribution >= 4 is 10.9 Å². The van der Waals surface area contributed by atoms with Gasteiger partial charge in [-0.15, -0.1) is 5.10 Å². The van der Waals surface area contributed by atoms with E-state index in [0.29, 0.717) is 17.6 Å². The Balaban J connectivity index is 0.000000668. The van der Waals surface area contributed by atoms with Crippen molar-refractivity contribution in [2.45, 2.75) is 62.7 Å². The van der Waals surface area contributed by atoms with Gasteiger partial charge >= 0.3 is 6.18 Å². The lowest BCUT2D eigenvalue weighted by atomic mass is 9.79. The minimum absolute atomic E-state index is 0.216. The molecule has 4 rings (SSSR count). The number of tetrazole rings is 1. The summed E-state index contributed by atoms with van der Waals surface area (Å²) in [6.45, 7) is 2.13. The minimum atomic E-state index is -4.39. The Hall–Kier alpha value is -2.09. The third-order valence-electron chi connectivity index (χ3n) is 5.96. The van der Waals surface area contributed by atoms with E-state index < -0.39 is 22.6 Å². The number of piperidine rings is 1. The molecule has 1 saturated heterocycles. The van der Waals surface area contributed by atoms with Crippen molar-refractivity contribution in [2.24, 2.45) is 5.14 Å². The van der Waals surface area contributed by atoms with Crippen LogP contribution in [0.1, 0.15) is 55.6 Å². The van der Waals surface area contributed by atoms with Crippen molar-refractivity contribution < 1.29 is 21.6 Å². The molecule has 0 atom stereocenters. The van der Waals surface area contributed by atoms with Crippen LogP contribution in [0.2, 0.25) is 0 Å². The van der Waals surface area contributed by atoms with Gasteiger partial charge in [0.2, 0.25) is 0 Å². The minimum Gasteiger partial charge on any atom is -0.317 e. The number of aromatic nitrogens is 4. The highest BCUT2D eigenvalue weighted by atomic mass is 32.2. The van der Waals surface area contributed by atoms with Gasteiger partial charge in [0, 0.05) is 17.6 Å². The van der Waals surface area contributed by atoms with Gasteiger partial charge in [-0.2, -0.15) is 13.2 Å². The summed E-state index contributed by atoms with van der Waals surface area (Å²) in [4.78, 5) is 0. The van der Waals surface area contributed by atoms with Crippen LogP contribution in [-0.2, 0) is 17.1 Å². The highest BCUT2D eigenvalue weighted by Crippen LogP contribution is 2.40. The van der Waals surface area contributed by atoms with E-state index in [9.17, 15) is 13.2 Å². The smallest absolute Gasteiger partial charge is 0.317 e. The predicted octanol–water partition coefficient (Wildman–Crippen LogP) is 1.72. The number of hydrogen-bond acceptors (Lipinski definition) is 7. The number of rotatable bonds is 4. The number of nitrogens with zero attached hydrogens (tertiary/aromatic N) is 3. The normalized spacial score (nSPS) is 22.4. The Morgan fingerprint density at radius 3 is 2.22 bits per heavy atom. The summed E-state index contributed by atoms with van der Waals surface area (Å²) in [6, 6.07) is 5.00. The molecule has 0 radical (unpaired) electrons. The van der Waals surface area contributed by atoms with Gasteiger partial charge in [0.1, 0.15) is 0 Å². The standard InChI is InChI=1S/C19H25F3N6.H3NO2S/c20-19(21,22)13-3-6-16(17(11-13)18-25-27-28-26-18)12-1-4-14(5-2-12)24-15-7-9-23-10-8-15;1-4(2)3/h3,6,11-12,14-15,23-24H,1-2,4-5,7-10H2,(H,25,26,27,28);4H,(H2,1,2,3). The zero-order valence-electron chi connectivity index (χ0n) is 17.4. The molecule has 1 aliphatic carbocycles. The van der Waals surface area contributed by atoms with Gasteiger partial charge in [-0.1, -0.05) is 6.07 Å². The van der Waals surface area contributed by atoms with Crippen molar-refractivity contribution in [2.75, 3.05) is 13.1 Å². The summed E-state index contributed by atoms with van der Waals surface area (Å²) in [5, 5.41) is 24.8. The van der Waals surface area contributed by atoms with Gasteiger partial charge in [-0.05, 0) is 85.7 Å². The molecule has 9 nitrogen and oxygen atoms in total. The van der Waals surface area contributed by atoms with Crippen LogP contribution in [0, 0.1) is 0 Å². The van der Waals surface area contributed by atoms with Gasteiger partial charge in [0.05, 0.1) is 5.56 Å². The Labute approximate surface area is 185 Å². The molecule has 1 aromatic heterocycles. The number of benzene rings is 1. The molecule has 32 heavy (non-hydrogen) atoms. The van der Waals surface area contributed by atoms with Gasteiger partial charge in [-0.25, -0.2) is 18.7 Å². The highest BCUT2D eigenvalue weighted by Gasteiger charge is 2.33. The Morgan fingerprint density at radius 2 is 1.66 bits per heavy atom. The van der Waals surface area contributed by atoms with Crippen LogP contribution in [0.25, 0.3) is 11.4 Å². The van der Waals surface area contributed by atoms with Crippen LogP contribution in [0.5, 0.6) is 0 Å². The van der Waals surface area contributed by atoms with E-state index in [0.717, 1.165) is 63.2 Å². The lowest BCUT2D eigenvalue weighted by molar-refractivity contribution is -0.137. The van der Waals surface area contributed by atoms with Crippen molar-refractivity contribution in [3.8, 4) is 11.4 Å². The molecular weight excluding hydrogens is 447 g/mol. The lowest BCUT2D eigenvalue weighted by Gasteiger charge is -2.34. The fourth-order valence-corrected chi connectivity index (χ4v) is 4.46. The Bertz CT molecular complexity index is 915. The first kappa shape index (κ1) is 24.6. The number of hydrogen-bond donors (Lipinski definition) is 5. The summed E-state index contributed by atoms with van der Waals surface area (Å²) in [7, 11) is -2.62. The van der Waals surface area contributed by atoms with Crippen LogP contribution in [0.3, 0.4) is 0 Å². The number of nitrogens with two attached hydrogens (primary N) is 1. The average molecular weight is 476 g/mol. The van der Waals surface area contributed by atoms with E-state index in [2.05, 4.69) is 36.4 Å². The number of H-pyrrole nitrogens is 1. The topological polar surface area (TPSA) is 139 Å².